The van der Waals surface area contributed by atoms with Crippen LogP contribution in [0, 0.1) is 76.1 Å². The van der Waals surface area contributed by atoms with E-state index in [-0.39, 0.29) is 91.5 Å². The minimum Gasteiger partial charge on any atom is -0.486 e. The summed E-state index contributed by atoms with van der Waals surface area (Å²) in [5, 5.41) is 7.88. The number of hydrogen-bond donors (Lipinski definition) is 0. The molecule has 0 atom stereocenters. The minimum absolute atomic E-state index is 0. The van der Waals surface area contributed by atoms with Crippen molar-refractivity contribution in [3.63, 3.8) is 0 Å². The van der Waals surface area contributed by atoms with E-state index in [1.165, 1.54) is 18.5 Å². The third-order valence-electron chi connectivity index (χ3n) is 19.8. The summed E-state index contributed by atoms with van der Waals surface area (Å²) in [6.07, 6.45) is 20.4. The van der Waals surface area contributed by atoms with Gasteiger partial charge in [0.1, 0.15) is 0 Å². The molecule has 0 aliphatic heterocycles. The molecular weight excluding hydrogens is 2350 g/mol. The van der Waals surface area contributed by atoms with E-state index in [1.54, 1.807) is 92.3 Å². The normalized spacial score (nSPS) is 11.2. The number of aromatic nitrogens is 12. The first-order chi connectivity index (χ1) is 65.6. The molecule has 16 aromatic heterocycles. The summed E-state index contributed by atoms with van der Waals surface area (Å²) in [5.41, 5.74) is 21.9. The quantitative estimate of drug-likeness (QED) is 0.130. The van der Waals surface area contributed by atoms with E-state index in [2.05, 4.69) is 121 Å². The Bertz CT molecular complexity index is 7540. The molecule has 652 valence electrons. The van der Waals surface area contributed by atoms with Crippen molar-refractivity contribution in [2.45, 2.75) is 27.6 Å². The van der Waals surface area contributed by atoms with Gasteiger partial charge in [0.25, 0.3) is 0 Å². The SMILES string of the molecule is Cc1[c-]c(-c2ccccn2)c2oc3ncccc3c2c1.Cc1c[c-]c(-c2ccccn2)c2oc3ncccc3c12.[2H]C([2H])([2H])c1ccc(-c2[c-]ccc3c2oc2ncccc23)nc1.[2H]C([2H])([2H])c1ccnc(-c2[c-]ccc3c2oc2ncccc23)c1.[Ir].[Ir].[Ir].[Ir].[c-]1ccccc1-c1ccccn1.[c-]1ccccc1-c1ccccn1.[c-]1ccccc1-c1ccccn1.[c-]1ccccc1-c1ccccn1. The van der Waals surface area contributed by atoms with Crippen LogP contribution in [0.4, 0.5) is 0 Å². The average molecular weight is 2430 g/mol. The topological polar surface area (TPSA) is 207 Å². The summed E-state index contributed by atoms with van der Waals surface area (Å²) in [6.45, 7) is -0.254. The Morgan fingerprint density at radius 2 is 0.591 bits per heavy atom. The van der Waals surface area contributed by atoms with Crippen LogP contribution in [0.15, 0.2) is 407 Å². The molecule has 0 saturated heterocycles. The molecule has 0 spiro atoms. The van der Waals surface area contributed by atoms with Crippen LogP contribution in [-0.4, -0.2) is 59.8 Å². The number of hydrogen-bond acceptors (Lipinski definition) is 16. The van der Waals surface area contributed by atoms with Crippen LogP contribution in [0.5, 0.6) is 0 Å². The summed E-state index contributed by atoms with van der Waals surface area (Å²) < 4.78 is 68.4. The third-order valence-corrected chi connectivity index (χ3v) is 19.8. The van der Waals surface area contributed by atoms with Crippen molar-refractivity contribution in [2.75, 3.05) is 0 Å². The first-order valence-corrected chi connectivity index (χ1v) is 40.7. The standard InChI is InChI=1S/4C17H11N2O.4C11H8N.4Ir/c1-11-7-8-15(19-10-11)14-5-2-4-12-13-6-3-9-18-17(13)20-16(12)14;1-11-7-9-18-15(10-11)14-5-2-4-12-13-6-3-8-19-17(13)20-16(12)14;1-11-7-8-12(14-6-2-3-9-18-14)16-15(11)13-5-4-10-19-17(13)20-16;1-11-9-13-12-5-4-8-19-17(12)20-16(13)14(10-11)15-6-2-3-7-18-15;4*1-2-6-10(7-3-1)11-8-4-5-9-12-11;;;;/h2*2-4,6-10H,1H3;2-7,9-10H,1H3;2-9H,1H3;4*1-6,8-9H;;;;/q8*-1;;;;/i2*1D3;;;;;;;;;;. The van der Waals surface area contributed by atoms with Crippen LogP contribution >= 0.6 is 0 Å². The molecule has 0 bridgehead atoms. The van der Waals surface area contributed by atoms with Crippen molar-refractivity contribution in [3.05, 3.63) is 461 Å². The Hall–Kier alpha value is -14.6. The molecule has 24 aromatic rings. The molecule has 24 rings (SSSR count). The van der Waals surface area contributed by atoms with Gasteiger partial charge in [0.15, 0.2) is 0 Å². The van der Waals surface area contributed by atoms with Gasteiger partial charge in [-0.25, -0.2) is 19.9 Å². The van der Waals surface area contributed by atoms with Crippen LogP contribution in [0.2, 0.25) is 0 Å². The second-order valence-electron chi connectivity index (χ2n) is 28.4. The van der Waals surface area contributed by atoms with E-state index in [9.17, 15) is 0 Å². The maximum absolute atomic E-state index is 7.54. The van der Waals surface area contributed by atoms with Crippen molar-refractivity contribution < 1.29 is 106 Å². The molecule has 132 heavy (non-hydrogen) atoms. The van der Waals surface area contributed by atoms with E-state index < -0.39 is 13.7 Å². The minimum atomic E-state index is -2.18. The summed E-state index contributed by atoms with van der Waals surface area (Å²) in [7, 11) is 0. The largest absolute Gasteiger partial charge is 0.486 e. The summed E-state index contributed by atoms with van der Waals surface area (Å²) in [5.74, 6) is 0. The summed E-state index contributed by atoms with van der Waals surface area (Å²) in [6, 6.07) is 125. The van der Waals surface area contributed by atoms with E-state index in [0.29, 0.717) is 56.5 Å². The number of pyridine rings is 12. The van der Waals surface area contributed by atoms with Crippen molar-refractivity contribution >= 4 is 88.3 Å². The van der Waals surface area contributed by atoms with Gasteiger partial charge >= 0.3 is 0 Å². The molecule has 16 nitrogen and oxygen atoms in total. The fourth-order valence-electron chi connectivity index (χ4n) is 13.9. The molecule has 0 N–H and O–H groups in total. The summed E-state index contributed by atoms with van der Waals surface area (Å²) >= 11 is 0. The Kier molecular flexibility index (Phi) is 30.9. The number of rotatable bonds is 8. The Labute approximate surface area is 825 Å². The number of fused-ring (bicyclic) bond motifs is 12. The van der Waals surface area contributed by atoms with Gasteiger partial charge < -0.3 is 57.5 Å². The third kappa shape index (κ3) is 23.3. The smallest absolute Gasteiger partial charge is 0.216 e. The van der Waals surface area contributed by atoms with Crippen molar-refractivity contribution in [1.29, 1.82) is 0 Å². The van der Waals surface area contributed by atoms with Gasteiger partial charge in [-0.3, -0.25) is 0 Å². The van der Waals surface area contributed by atoms with E-state index >= 15 is 0 Å². The van der Waals surface area contributed by atoms with Gasteiger partial charge in [0.05, 0.1) is 22.3 Å². The number of nitrogens with zero attached hydrogens (tertiary/aromatic N) is 12. The Morgan fingerprint density at radius 3 is 0.985 bits per heavy atom. The molecule has 0 amide bonds. The Morgan fingerprint density at radius 1 is 0.242 bits per heavy atom. The molecule has 0 saturated carbocycles. The van der Waals surface area contributed by atoms with E-state index in [0.717, 1.165) is 133 Å². The van der Waals surface area contributed by atoms with Crippen molar-refractivity contribution in [2.24, 2.45) is 0 Å². The predicted octanol–water partition coefficient (Wildman–Crippen LogP) is 26.8. The predicted molar refractivity (Wildman–Crippen MR) is 507 cm³/mol. The van der Waals surface area contributed by atoms with Gasteiger partial charge in [-0.15, -0.1) is 215 Å². The zero-order valence-electron chi connectivity index (χ0n) is 76.3. The molecule has 20 heteroatoms. The monoisotopic (exact) mass is 2430 g/mol. The van der Waals surface area contributed by atoms with Gasteiger partial charge in [-0.1, -0.05) is 154 Å². The van der Waals surface area contributed by atoms with Gasteiger partial charge in [0, 0.05) is 185 Å². The van der Waals surface area contributed by atoms with Crippen LogP contribution < -0.4 is 0 Å². The molecule has 0 fully saturated rings. The average Bonchev–Trinajstić information content (AvgIpc) is 1.62. The van der Waals surface area contributed by atoms with Gasteiger partial charge in [0.2, 0.25) is 22.9 Å². The maximum atomic E-state index is 7.54. The fraction of sp³-hybridized carbons (Fsp3) is 0.0357. The molecule has 16 heterocycles. The Balaban J connectivity index is 0.000000134. The molecule has 4 radical (unpaired) electrons. The molecular formula is C112H76Ir4N12O4-8. The molecule has 8 aromatic carbocycles. The summed E-state index contributed by atoms with van der Waals surface area (Å²) in [4.78, 5) is 51.2. The first kappa shape index (κ1) is 86.7. The fourth-order valence-corrected chi connectivity index (χ4v) is 13.9. The van der Waals surface area contributed by atoms with Crippen molar-refractivity contribution in [3.8, 4) is 90.1 Å². The van der Waals surface area contributed by atoms with Crippen LogP contribution in [0.1, 0.15) is 30.5 Å². The van der Waals surface area contributed by atoms with Crippen LogP contribution in [-0.2, 0) is 80.4 Å². The van der Waals surface area contributed by atoms with Crippen LogP contribution in [0.3, 0.4) is 0 Å². The number of furan rings is 4. The first-order valence-electron chi connectivity index (χ1n) is 43.7. The number of aryl methyl sites for hydroxylation is 4. The second kappa shape index (κ2) is 47.1. The molecule has 0 aliphatic rings. The van der Waals surface area contributed by atoms with E-state index in [4.69, 9.17) is 25.9 Å². The zero-order valence-corrected chi connectivity index (χ0v) is 79.9. The van der Waals surface area contributed by atoms with Crippen molar-refractivity contribution in [1.82, 2.24) is 59.8 Å². The van der Waals surface area contributed by atoms with Gasteiger partial charge in [-0.2, -0.15) is 0 Å². The zero-order chi connectivity index (χ0) is 92.0. The molecule has 0 unspecified atom stereocenters. The van der Waals surface area contributed by atoms with Gasteiger partial charge in [-0.05, 0) is 156 Å². The second-order valence-corrected chi connectivity index (χ2v) is 28.4. The number of benzene rings is 8. The van der Waals surface area contributed by atoms with Crippen LogP contribution in [0.25, 0.3) is 178 Å². The molecule has 0 aliphatic carbocycles. The maximum Gasteiger partial charge on any atom is 0.216 e. The van der Waals surface area contributed by atoms with E-state index in [1.807, 2.05) is 280 Å².